The van der Waals surface area contributed by atoms with E-state index < -0.39 is 0 Å². The summed E-state index contributed by atoms with van der Waals surface area (Å²) in [6.45, 7) is 2.30. The zero-order chi connectivity index (χ0) is 14.4. The van der Waals surface area contributed by atoms with E-state index in [1.807, 2.05) is 12.1 Å². The van der Waals surface area contributed by atoms with Gasteiger partial charge in [-0.3, -0.25) is 4.79 Å². The van der Waals surface area contributed by atoms with Crippen molar-refractivity contribution in [3.8, 4) is 0 Å². The molecule has 1 saturated carbocycles. The number of nitrogens with two attached hydrogens (primary N) is 1. The highest BCUT2D eigenvalue weighted by atomic mass is 16.1. The fourth-order valence-corrected chi connectivity index (χ4v) is 3.09. The molecule has 1 aromatic rings. The maximum Gasteiger partial charge on any atom is 0.221 e. The van der Waals surface area contributed by atoms with Crippen LogP contribution in [0.3, 0.4) is 0 Å². The van der Waals surface area contributed by atoms with Crippen molar-refractivity contribution in [1.29, 1.82) is 0 Å². The average Bonchev–Trinajstić information content (AvgIpc) is 2.65. The lowest BCUT2D eigenvalue weighted by molar-refractivity contribution is -0.117. The highest BCUT2D eigenvalue weighted by Gasteiger charge is 2.17. The van der Waals surface area contributed by atoms with E-state index in [1.54, 1.807) is 0 Å². The summed E-state index contributed by atoms with van der Waals surface area (Å²) in [4.78, 5) is 10.9. The molecule has 0 radical (unpaired) electrons. The summed E-state index contributed by atoms with van der Waals surface area (Å²) < 4.78 is 0. The third-order valence-corrected chi connectivity index (χ3v) is 4.37. The Balaban J connectivity index is 1.88. The number of hydrogen-bond acceptors (Lipinski definition) is 2. The minimum Gasteiger partial charge on any atom is -0.382 e. The summed E-state index contributed by atoms with van der Waals surface area (Å²) in [7, 11) is 0. The van der Waals surface area contributed by atoms with Crippen LogP contribution in [-0.2, 0) is 11.2 Å². The number of primary amides is 1. The topological polar surface area (TPSA) is 55.1 Å². The first-order chi connectivity index (χ1) is 9.67. The van der Waals surface area contributed by atoms with Gasteiger partial charge >= 0.3 is 0 Å². The molecule has 1 fully saturated rings. The van der Waals surface area contributed by atoms with Gasteiger partial charge < -0.3 is 11.1 Å². The molecular formula is C17H26N2O. The molecule has 2 rings (SSSR count). The van der Waals surface area contributed by atoms with Crippen molar-refractivity contribution in [1.82, 2.24) is 0 Å². The van der Waals surface area contributed by atoms with E-state index in [0.717, 1.165) is 17.2 Å². The number of nitrogens with one attached hydrogen (secondary N) is 1. The Bertz CT molecular complexity index is 427. The van der Waals surface area contributed by atoms with Gasteiger partial charge in [-0.15, -0.1) is 0 Å². The van der Waals surface area contributed by atoms with Crippen LogP contribution in [0.4, 0.5) is 5.69 Å². The molecule has 0 aromatic heterocycles. The average molecular weight is 274 g/mol. The van der Waals surface area contributed by atoms with Crippen molar-refractivity contribution in [3.63, 3.8) is 0 Å². The predicted molar refractivity (Wildman–Crippen MR) is 83.6 cm³/mol. The van der Waals surface area contributed by atoms with E-state index in [-0.39, 0.29) is 5.91 Å². The number of rotatable bonds is 5. The molecule has 110 valence electrons. The van der Waals surface area contributed by atoms with Crippen LogP contribution in [0.1, 0.15) is 51.0 Å². The second-order valence-corrected chi connectivity index (χ2v) is 5.96. The largest absolute Gasteiger partial charge is 0.382 e. The van der Waals surface area contributed by atoms with Crippen LogP contribution in [0.2, 0.25) is 0 Å². The highest BCUT2D eigenvalue weighted by molar-refractivity contribution is 5.76. The smallest absolute Gasteiger partial charge is 0.221 e. The van der Waals surface area contributed by atoms with Gasteiger partial charge in [0.2, 0.25) is 5.91 Å². The SMILES string of the molecule is CCC1CCCC(Nc2ccc(CC(N)=O)cc2)CC1. The predicted octanol–water partition coefficient (Wildman–Crippen LogP) is 3.49. The summed E-state index contributed by atoms with van der Waals surface area (Å²) >= 11 is 0. The number of benzene rings is 1. The van der Waals surface area contributed by atoms with Crippen molar-refractivity contribution >= 4 is 11.6 Å². The summed E-state index contributed by atoms with van der Waals surface area (Å²) in [6, 6.07) is 8.67. The van der Waals surface area contributed by atoms with Gasteiger partial charge in [0.05, 0.1) is 6.42 Å². The van der Waals surface area contributed by atoms with E-state index in [2.05, 4.69) is 24.4 Å². The maximum absolute atomic E-state index is 10.9. The van der Waals surface area contributed by atoms with Gasteiger partial charge in [-0.05, 0) is 42.9 Å². The van der Waals surface area contributed by atoms with E-state index >= 15 is 0 Å². The molecule has 2 atom stereocenters. The second kappa shape index (κ2) is 7.32. The lowest BCUT2D eigenvalue weighted by atomic mass is 9.98. The Morgan fingerprint density at radius 1 is 1.20 bits per heavy atom. The van der Waals surface area contributed by atoms with Gasteiger partial charge in [-0.1, -0.05) is 38.3 Å². The van der Waals surface area contributed by atoms with Crippen LogP contribution >= 0.6 is 0 Å². The first-order valence-electron chi connectivity index (χ1n) is 7.81. The molecule has 1 aliphatic rings. The first kappa shape index (κ1) is 14.9. The number of hydrogen-bond donors (Lipinski definition) is 2. The van der Waals surface area contributed by atoms with Crippen molar-refractivity contribution in [2.24, 2.45) is 11.7 Å². The monoisotopic (exact) mass is 274 g/mol. The third-order valence-electron chi connectivity index (χ3n) is 4.37. The molecule has 0 aliphatic heterocycles. The van der Waals surface area contributed by atoms with Crippen molar-refractivity contribution in [3.05, 3.63) is 29.8 Å². The summed E-state index contributed by atoms with van der Waals surface area (Å²) in [5.74, 6) is 0.639. The van der Waals surface area contributed by atoms with Crippen molar-refractivity contribution < 1.29 is 4.79 Å². The molecule has 1 aromatic carbocycles. The van der Waals surface area contributed by atoms with Crippen LogP contribution < -0.4 is 11.1 Å². The van der Waals surface area contributed by atoms with E-state index in [4.69, 9.17) is 5.73 Å². The number of amides is 1. The van der Waals surface area contributed by atoms with Gasteiger partial charge in [0.15, 0.2) is 0 Å². The minimum atomic E-state index is -0.278. The molecule has 20 heavy (non-hydrogen) atoms. The van der Waals surface area contributed by atoms with Gasteiger partial charge in [0.25, 0.3) is 0 Å². The second-order valence-electron chi connectivity index (χ2n) is 5.96. The Labute approximate surface area is 121 Å². The Hall–Kier alpha value is -1.51. The molecule has 3 nitrogen and oxygen atoms in total. The number of carbonyl (C=O) groups is 1. The Morgan fingerprint density at radius 2 is 1.95 bits per heavy atom. The molecule has 0 spiro atoms. The molecule has 2 unspecified atom stereocenters. The van der Waals surface area contributed by atoms with Crippen LogP contribution in [0.25, 0.3) is 0 Å². The molecule has 0 saturated heterocycles. The molecule has 3 N–H and O–H groups in total. The first-order valence-corrected chi connectivity index (χ1v) is 7.81. The fraction of sp³-hybridized carbons (Fsp3) is 0.588. The molecule has 0 heterocycles. The number of anilines is 1. The van der Waals surface area contributed by atoms with E-state index in [1.165, 1.54) is 38.5 Å². The van der Waals surface area contributed by atoms with Gasteiger partial charge in [-0.2, -0.15) is 0 Å². The molecule has 3 heteroatoms. The summed E-state index contributed by atoms with van der Waals surface area (Å²) in [5.41, 5.74) is 7.33. The lowest BCUT2D eigenvalue weighted by Gasteiger charge is -2.18. The minimum absolute atomic E-state index is 0.278. The standard InChI is InChI=1S/C17H26N2O/c1-2-13-4-3-5-15(9-6-13)19-16-10-7-14(8-11-16)12-17(18)20/h7-8,10-11,13,15,19H,2-6,9,12H2,1H3,(H2,18,20). The van der Waals surface area contributed by atoms with E-state index in [9.17, 15) is 4.79 Å². The number of carbonyl (C=O) groups excluding carboxylic acids is 1. The van der Waals surface area contributed by atoms with Crippen LogP contribution in [-0.4, -0.2) is 11.9 Å². The van der Waals surface area contributed by atoms with Crippen LogP contribution in [0, 0.1) is 5.92 Å². The Kier molecular flexibility index (Phi) is 5.45. The van der Waals surface area contributed by atoms with Gasteiger partial charge in [0.1, 0.15) is 0 Å². The zero-order valence-corrected chi connectivity index (χ0v) is 12.4. The molecule has 1 aliphatic carbocycles. The molecule has 0 bridgehead atoms. The quantitative estimate of drug-likeness (QED) is 0.808. The Morgan fingerprint density at radius 3 is 2.60 bits per heavy atom. The van der Waals surface area contributed by atoms with Gasteiger partial charge in [-0.25, -0.2) is 0 Å². The lowest BCUT2D eigenvalue weighted by Crippen LogP contribution is -2.18. The van der Waals surface area contributed by atoms with Crippen LogP contribution in [0.15, 0.2) is 24.3 Å². The fourth-order valence-electron chi connectivity index (χ4n) is 3.09. The normalized spacial score (nSPS) is 23.1. The van der Waals surface area contributed by atoms with Gasteiger partial charge in [0, 0.05) is 11.7 Å². The third kappa shape index (κ3) is 4.55. The summed E-state index contributed by atoms with van der Waals surface area (Å²) in [5, 5.41) is 3.63. The summed E-state index contributed by atoms with van der Waals surface area (Å²) in [6.07, 6.45) is 8.22. The highest BCUT2D eigenvalue weighted by Crippen LogP contribution is 2.27. The van der Waals surface area contributed by atoms with E-state index in [0.29, 0.717) is 12.5 Å². The maximum atomic E-state index is 10.9. The zero-order valence-electron chi connectivity index (χ0n) is 12.4. The molecular weight excluding hydrogens is 248 g/mol. The molecule has 1 amide bonds. The van der Waals surface area contributed by atoms with Crippen molar-refractivity contribution in [2.45, 2.75) is 57.9 Å². The van der Waals surface area contributed by atoms with Crippen molar-refractivity contribution in [2.75, 3.05) is 5.32 Å². The van der Waals surface area contributed by atoms with Crippen LogP contribution in [0.5, 0.6) is 0 Å².